The van der Waals surface area contributed by atoms with Gasteiger partial charge in [0.1, 0.15) is 5.60 Å². The zero-order valence-electron chi connectivity index (χ0n) is 17.0. The molecule has 1 amide bonds. The van der Waals surface area contributed by atoms with Gasteiger partial charge in [0.25, 0.3) is 0 Å². The lowest BCUT2D eigenvalue weighted by atomic mass is 10.0. The highest BCUT2D eigenvalue weighted by Crippen LogP contribution is 2.29. The van der Waals surface area contributed by atoms with E-state index in [1.807, 2.05) is 34.9 Å². The first kappa shape index (κ1) is 24.3. The van der Waals surface area contributed by atoms with Gasteiger partial charge in [-0.2, -0.15) is 0 Å². The molecule has 0 aromatic heterocycles. The minimum Gasteiger partial charge on any atom is -0.444 e. The lowest BCUT2D eigenvalue weighted by Gasteiger charge is -2.28. The van der Waals surface area contributed by atoms with E-state index < -0.39 is 5.60 Å². The molecule has 0 aliphatic heterocycles. The standard InChI is InChI=1S/C18H36N4O2.HI/c1-12(2)14(21-17(23)24-18(4,5)6)9-10-22(8)16(19-7)20-15-11-13(15)3;/h12-15H,9-11H2,1-8H3,(H,19,20)(H,21,23);1H. The molecular weight excluding hydrogens is 431 g/mol. The lowest BCUT2D eigenvalue weighted by Crippen LogP contribution is -2.45. The number of alkyl carbamates (subject to hydrolysis) is 1. The van der Waals surface area contributed by atoms with Crippen LogP contribution in [-0.4, -0.2) is 55.3 Å². The van der Waals surface area contributed by atoms with Gasteiger partial charge < -0.3 is 20.3 Å². The molecule has 0 aromatic rings. The van der Waals surface area contributed by atoms with Crippen molar-refractivity contribution in [2.45, 2.75) is 72.1 Å². The first-order valence-electron chi connectivity index (χ1n) is 8.97. The topological polar surface area (TPSA) is 66.0 Å². The average Bonchev–Trinajstić information content (AvgIpc) is 3.13. The van der Waals surface area contributed by atoms with Crippen LogP contribution in [0, 0.1) is 11.8 Å². The summed E-state index contributed by atoms with van der Waals surface area (Å²) in [4.78, 5) is 18.5. The molecule has 25 heavy (non-hydrogen) atoms. The lowest BCUT2D eigenvalue weighted by molar-refractivity contribution is 0.0486. The molecule has 3 unspecified atom stereocenters. The van der Waals surface area contributed by atoms with E-state index in [0.717, 1.165) is 24.8 Å². The van der Waals surface area contributed by atoms with Gasteiger partial charge in [0.2, 0.25) is 0 Å². The van der Waals surface area contributed by atoms with Crippen LogP contribution in [0.3, 0.4) is 0 Å². The van der Waals surface area contributed by atoms with Gasteiger partial charge in [-0.1, -0.05) is 20.8 Å². The van der Waals surface area contributed by atoms with E-state index in [9.17, 15) is 4.79 Å². The molecule has 0 spiro atoms. The van der Waals surface area contributed by atoms with Crippen molar-refractivity contribution in [1.82, 2.24) is 15.5 Å². The van der Waals surface area contributed by atoms with Crippen LogP contribution in [0.4, 0.5) is 4.79 Å². The molecule has 7 heteroatoms. The first-order valence-corrected chi connectivity index (χ1v) is 8.97. The largest absolute Gasteiger partial charge is 0.444 e. The van der Waals surface area contributed by atoms with E-state index in [-0.39, 0.29) is 36.1 Å². The van der Waals surface area contributed by atoms with Gasteiger partial charge in [0.15, 0.2) is 5.96 Å². The van der Waals surface area contributed by atoms with Crippen LogP contribution >= 0.6 is 24.0 Å². The average molecular weight is 468 g/mol. The fourth-order valence-electron chi connectivity index (χ4n) is 2.50. The van der Waals surface area contributed by atoms with Gasteiger partial charge in [-0.25, -0.2) is 4.79 Å². The Kier molecular flexibility index (Phi) is 10.1. The van der Waals surface area contributed by atoms with Crippen LogP contribution < -0.4 is 10.6 Å². The van der Waals surface area contributed by atoms with Crippen LogP contribution in [0.25, 0.3) is 0 Å². The molecule has 1 aliphatic carbocycles. The molecule has 1 rings (SSSR count). The van der Waals surface area contributed by atoms with Crippen molar-refractivity contribution in [3.63, 3.8) is 0 Å². The van der Waals surface area contributed by atoms with Crippen LogP contribution in [0.1, 0.15) is 54.4 Å². The fraction of sp³-hybridized carbons (Fsp3) is 0.889. The summed E-state index contributed by atoms with van der Waals surface area (Å²) in [7, 11) is 3.85. The van der Waals surface area contributed by atoms with Crippen LogP contribution in [-0.2, 0) is 4.74 Å². The van der Waals surface area contributed by atoms with E-state index >= 15 is 0 Å². The summed E-state index contributed by atoms with van der Waals surface area (Å²) >= 11 is 0. The van der Waals surface area contributed by atoms with Crippen LogP contribution in [0.2, 0.25) is 0 Å². The Labute approximate surface area is 170 Å². The molecule has 6 nitrogen and oxygen atoms in total. The number of guanidine groups is 1. The molecule has 0 bridgehead atoms. The predicted molar refractivity (Wildman–Crippen MR) is 115 cm³/mol. The minimum absolute atomic E-state index is 0. The van der Waals surface area contributed by atoms with Gasteiger partial charge in [0.05, 0.1) is 0 Å². The Morgan fingerprint density at radius 1 is 1.36 bits per heavy atom. The van der Waals surface area contributed by atoms with Crippen molar-refractivity contribution >= 4 is 36.0 Å². The number of ether oxygens (including phenoxy) is 1. The Morgan fingerprint density at radius 2 is 1.92 bits per heavy atom. The van der Waals surface area contributed by atoms with Crippen molar-refractivity contribution < 1.29 is 9.53 Å². The highest BCUT2D eigenvalue weighted by atomic mass is 127. The van der Waals surface area contributed by atoms with E-state index in [0.29, 0.717) is 12.0 Å². The molecule has 148 valence electrons. The second kappa shape index (κ2) is 10.4. The van der Waals surface area contributed by atoms with Crippen molar-refractivity contribution in [3.8, 4) is 0 Å². The maximum Gasteiger partial charge on any atom is 0.407 e. The quantitative estimate of drug-likeness (QED) is 0.356. The number of amides is 1. The number of rotatable bonds is 6. The van der Waals surface area contributed by atoms with E-state index in [4.69, 9.17) is 4.74 Å². The molecule has 1 aliphatic rings. The number of carbonyl (C=O) groups excluding carboxylic acids is 1. The molecule has 1 fully saturated rings. The van der Waals surface area contributed by atoms with Gasteiger partial charge in [0, 0.05) is 32.7 Å². The molecule has 1 saturated carbocycles. The number of aliphatic imine (C=N–C) groups is 1. The zero-order valence-corrected chi connectivity index (χ0v) is 19.4. The van der Waals surface area contributed by atoms with Crippen molar-refractivity contribution in [1.29, 1.82) is 0 Å². The van der Waals surface area contributed by atoms with Crippen LogP contribution in [0.5, 0.6) is 0 Å². The smallest absolute Gasteiger partial charge is 0.407 e. The molecular formula is C18H37IN4O2. The van der Waals surface area contributed by atoms with E-state index in [1.54, 1.807) is 0 Å². The maximum atomic E-state index is 12.0. The molecule has 0 radical (unpaired) electrons. The Balaban J connectivity index is 0.00000576. The number of hydrogen-bond donors (Lipinski definition) is 2. The Hall–Kier alpha value is -0.730. The number of halogens is 1. The third-order valence-electron chi connectivity index (χ3n) is 4.28. The highest BCUT2D eigenvalue weighted by molar-refractivity contribution is 14.0. The fourth-order valence-corrected chi connectivity index (χ4v) is 2.50. The van der Waals surface area contributed by atoms with Gasteiger partial charge in [-0.05, 0) is 45.4 Å². The number of carbonyl (C=O) groups is 1. The number of nitrogens with one attached hydrogen (secondary N) is 2. The summed E-state index contributed by atoms with van der Waals surface area (Å²) in [5.74, 6) is 1.99. The molecule has 0 heterocycles. The van der Waals surface area contributed by atoms with Gasteiger partial charge in [-0.3, -0.25) is 4.99 Å². The second-order valence-corrected chi connectivity index (χ2v) is 8.22. The Bertz CT molecular complexity index is 449. The monoisotopic (exact) mass is 468 g/mol. The SMILES string of the molecule is CN=C(NC1CC1C)N(C)CCC(NC(=O)OC(C)(C)C)C(C)C.I. The molecule has 0 aromatic carbocycles. The summed E-state index contributed by atoms with van der Waals surface area (Å²) in [6, 6.07) is 0.618. The summed E-state index contributed by atoms with van der Waals surface area (Å²) in [6.45, 7) is 12.9. The molecule has 0 saturated heterocycles. The van der Waals surface area contributed by atoms with Crippen molar-refractivity contribution in [2.24, 2.45) is 16.8 Å². The summed E-state index contributed by atoms with van der Waals surface area (Å²) < 4.78 is 5.37. The summed E-state index contributed by atoms with van der Waals surface area (Å²) in [6.07, 6.45) is 1.70. The third-order valence-corrected chi connectivity index (χ3v) is 4.28. The maximum absolute atomic E-state index is 12.0. The number of nitrogens with zero attached hydrogens (tertiary/aromatic N) is 2. The first-order chi connectivity index (χ1) is 11.0. The van der Waals surface area contributed by atoms with Crippen molar-refractivity contribution in [2.75, 3.05) is 20.6 Å². The third kappa shape index (κ3) is 9.51. The minimum atomic E-state index is -0.477. The Morgan fingerprint density at radius 3 is 2.32 bits per heavy atom. The van der Waals surface area contributed by atoms with Gasteiger partial charge in [-0.15, -0.1) is 24.0 Å². The normalized spacial score (nSPS) is 21.2. The molecule has 3 atom stereocenters. The summed E-state index contributed by atoms with van der Waals surface area (Å²) in [5, 5.41) is 6.48. The van der Waals surface area contributed by atoms with Crippen LogP contribution in [0.15, 0.2) is 4.99 Å². The molecule has 2 N–H and O–H groups in total. The van der Waals surface area contributed by atoms with E-state index in [1.165, 1.54) is 6.42 Å². The summed E-state index contributed by atoms with van der Waals surface area (Å²) in [5.41, 5.74) is -0.477. The zero-order chi connectivity index (χ0) is 18.5. The predicted octanol–water partition coefficient (Wildman–Crippen LogP) is 3.46. The van der Waals surface area contributed by atoms with Crippen molar-refractivity contribution in [3.05, 3.63) is 0 Å². The second-order valence-electron chi connectivity index (χ2n) is 8.22. The number of hydrogen-bond acceptors (Lipinski definition) is 3. The van der Waals surface area contributed by atoms with E-state index in [2.05, 4.69) is 41.3 Å². The van der Waals surface area contributed by atoms with Gasteiger partial charge >= 0.3 is 6.09 Å². The highest BCUT2D eigenvalue weighted by Gasteiger charge is 2.33.